The van der Waals surface area contributed by atoms with Crippen LogP contribution in [0.4, 0.5) is 0 Å². The molecule has 5 heteroatoms. The molecule has 110 valence electrons. The highest BCUT2D eigenvalue weighted by atomic mass is 16.3. The Labute approximate surface area is 122 Å². The minimum absolute atomic E-state index is 0.168. The van der Waals surface area contributed by atoms with Crippen molar-refractivity contribution in [3.05, 3.63) is 63.0 Å². The number of carbonyl (C=O) groups excluding carboxylic acids is 1. The van der Waals surface area contributed by atoms with E-state index in [2.05, 4.69) is 10.3 Å². The Morgan fingerprint density at radius 2 is 2.10 bits per heavy atom. The molecule has 0 aliphatic heterocycles. The summed E-state index contributed by atoms with van der Waals surface area (Å²) in [4.78, 5) is 26.3. The summed E-state index contributed by atoms with van der Waals surface area (Å²) in [5.41, 5.74) is 2.07. The van der Waals surface area contributed by atoms with Crippen LogP contribution in [0.25, 0.3) is 6.08 Å². The van der Waals surface area contributed by atoms with E-state index in [4.69, 9.17) is 4.42 Å². The predicted molar refractivity (Wildman–Crippen MR) is 80.9 cm³/mol. The van der Waals surface area contributed by atoms with Crippen LogP contribution in [0.2, 0.25) is 0 Å². The maximum Gasteiger partial charge on any atom is 0.253 e. The van der Waals surface area contributed by atoms with Crippen LogP contribution in [0.1, 0.15) is 28.3 Å². The summed E-state index contributed by atoms with van der Waals surface area (Å²) >= 11 is 0. The summed E-state index contributed by atoms with van der Waals surface area (Å²) in [5, 5.41) is 2.69. The Morgan fingerprint density at radius 1 is 1.33 bits per heavy atom. The highest BCUT2D eigenvalue weighted by molar-refractivity contribution is 5.91. The molecule has 0 bridgehead atoms. The third-order valence-electron chi connectivity index (χ3n) is 3.09. The largest absolute Gasteiger partial charge is 0.462 e. The topological polar surface area (TPSA) is 75.1 Å². The van der Waals surface area contributed by atoms with Gasteiger partial charge in [0.25, 0.3) is 5.56 Å². The van der Waals surface area contributed by atoms with Crippen molar-refractivity contribution in [3.63, 3.8) is 0 Å². The summed E-state index contributed by atoms with van der Waals surface area (Å²) in [6.45, 7) is 5.71. The summed E-state index contributed by atoms with van der Waals surface area (Å²) in [5.74, 6) is 1.13. The average molecular weight is 286 g/mol. The number of hydrogen-bond donors (Lipinski definition) is 2. The number of amides is 1. The fraction of sp³-hybridized carbons (Fsp3) is 0.250. The lowest BCUT2D eigenvalue weighted by Gasteiger charge is -2.06. The van der Waals surface area contributed by atoms with Crippen molar-refractivity contribution in [2.24, 2.45) is 0 Å². The lowest BCUT2D eigenvalue weighted by molar-refractivity contribution is -0.116. The molecule has 0 saturated carbocycles. The van der Waals surface area contributed by atoms with Gasteiger partial charge in [-0.3, -0.25) is 9.59 Å². The highest BCUT2D eigenvalue weighted by Gasteiger charge is 2.06. The van der Waals surface area contributed by atoms with Gasteiger partial charge in [-0.15, -0.1) is 0 Å². The average Bonchev–Trinajstić information content (AvgIpc) is 2.81. The van der Waals surface area contributed by atoms with Crippen LogP contribution in [0, 0.1) is 20.8 Å². The van der Waals surface area contributed by atoms with E-state index in [1.54, 1.807) is 12.1 Å². The summed E-state index contributed by atoms with van der Waals surface area (Å²) in [7, 11) is 0. The Bertz CT molecular complexity index is 738. The van der Waals surface area contributed by atoms with E-state index in [0.717, 1.165) is 17.0 Å². The molecule has 0 saturated heterocycles. The van der Waals surface area contributed by atoms with Crippen LogP contribution in [-0.4, -0.2) is 10.9 Å². The Balaban J connectivity index is 1.99. The van der Waals surface area contributed by atoms with Crippen molar-refractivity contribution in [1.29, 1.82) is 0 Å². The van der Waals surface area contributed by atoms with Gasteiger partial charge >= 0.3 is 0 Å². The molecule has 0 aromatic carbocycles. The van der Waals surface area contributed by atoms with Gasteiger partial charge in [-0.05, 0) is 50.6 Å². The molecule has 1 amide bonds. The lowest BCUT2D eigenvalue weighted by Crippen LogP contribution is -2.26. The molecule has 0 radical (unpaired) electrons. The van der Waals surface area contributed by atoms with Crippen molar-refractivity contribution in [3.8, 4) is 0 Å². The third-order valence-corrected chi connectivity index (χ3v) is 3.09. The molecule has 2 aromatic heterocycles. The fourth-order valence-electron chi connectivity index (χ4n) is 2.04. The molecule has 21 heavy (non-hydrogen) atoms. The second kappa shape index (κ2) is 6.26. The van der Waals surface area contributed by atoms with Crippen LogP contribution in [0.15, 0.2) is 33.5 Å². The minimum atomic E-state index is -0.275. The SMILES string of the molecule is Cc1cc(C)c(CNC(=O)C=Cc2ccc(C)o2)c(=O)[nH]1. The Kier molecular flexibility index (Phi) is 4.42. The molecule has 0 atom stereocenters. The van der Waals surface area contributed by atoms with Gasteiger partial charge in [-0.2, -0.15) is 0 Å². The number of hydrogen-bond acceptors (Lipinski definition) is 3. The van der Waals surface area contributed by atoms with Gasteiger partial charge in [0, 0.05) is 23.9 Å². The number of aromatic amines is 1. The van der Waals surface area contributed by atoms with E-state index in [9.17, 15) is 9.59 Å². The molecular formula is C16H18N2O3. The third kappa shape index (κ3) is 3.95. The molecule has 5 nitrogen and oxygen atoms in total. The molecule has 0 unspecified atom stereocenters. The highest BCUT2D eigenvalue weighted by Crippen LogP contribution is 2.08. The normalized spacial score (nSPS) is 11.0. The fourth-order valence-corrected chi connectivity index (χ4v) is 2.04. The predicted octanol–water partition coefficient (Wildman–Crippen LogP) is 2.22. The van der Waals surface area contributed by atoms with Gasteiger partial charge in [-0.25, -0.2) is 0 Å². The number of carbonyl (C=O) groups is 1. The van der Waals surface area contributed by atoms with Crippen LogP contribution >= 0.6 is 0 Å². The lowest BCUT2D eigenvalue weighted by atomic mass is 10.1. The number of nitrogens with one attached hydrogen (secondary N) is 2. The molecule has 0 fully saturated rings. The number of rotatable bonds is 4. The molecule has 2 heterocycles. The zero-order valence-corrected chi connectivity index (χ0v) is 12.3. The van der Waals surface area contributed by atoms with Gasteiger partial charge in [0.15, 0.2) is 0 Å². The van der Waals surface area contributed by atoms with Gasteiger partial charge in [0.05, 0.1) is 0 Å². The first-order valence-corrected chi connectivity index (χ1v) is 6.67. The Hall–Kier alpha value is -2.56. The smallest absolute Gasteiger partial charge is 0.253 e. The van der Waals surface area contributed by atoms with E-state index in [0.29, 0.717) is 11.3 Å². The zero-order valence-electron chi connectivity index (χ0n) is 12.3. The van der Waals surface area contributed by atoms with Crippen molar-refractivity contribution in [1.82, 2.24) is 10.3 Å². The number of pyridine rings is 1. The van der Waals surface area contributed by atoms with Gasteiger partial charge in [-0.1, -0.05) is 0 Å². The summed E-state index contributed by atoms with van der Waals surface area (Å²) < 4.78 is 5.33. The van der Waals surface area contributed by atoms with E-state index in [1.807, 2.05) is 32.9 Å². The minimum Gasteiger partial charge on any atom is -0.462 e. The second-order valence-corrected chi connectivity index (χ2v) is 4.94. The maximum atomic E-state index is 11.8. The standard InChI is InChI=1S/C16H18N2O3/c1-10-8-11(2)18-16(20)14(10)9-17-15(19)7-6-13-5-4-12(3)21-13/h4-8H,9H2,1-3H3,(H,17,19)(H,18,20). The number of furan rings is 1. The first kappa shape index (κ1) is 14.8. The number of H-pyrrole nitrogens is 1. The van der Waals surface area contributed by atoms with Crippen molar-refractivity contribution >= 4 is 12.0 Å². The van der Waals surface area contributed by atoms with Crippen LogP contribution in [-0.2, 0) is 11.3 Å². The first-order chi connectivity index (χ1) is 9.95. The van der Waals surface area contributed by atoms with E-state index in [1.165, 1.54) is 6.08 Å². The van der Waals surface area contributed by atoms with Gasteiger partial charge in [0.1, 0.15) is 11.5 Å². The zero-order chi connectivity index (χ0) is 15.4. The molecular weight excluding hydrogens is 268 g/mol. The van der Waals surface area contributed by atoms with Crippen LogP contribution in [0.3, 0.4) is 0 Å². The molecule has 2 rings (SSSR count). The number of aryl methyl sites for hydroxylation is 3. The maximum absolute atomic E-state index is 11.8. The number of aromatic nitrogens is 1. The van der Waals surface area contributed by atoms with E-state index < -0.39 is 0 Å². The van der Waals surface area contributed by atoms with Crippen molar-refractivity contribution in [2.75, 3.05) is 0 Å². The van der Waals surface area contributed by atoms with E-state index in [-0.39, 0.29) is 18.0 Å². The molecule has 2 N–H and O–H groups in total. The summed E-state index contributed by atoms with van der Waals surface area (Å²) in [6.07, 6.45) is 2.98. The monoisotopic (exact) mass is 286 g/mol. The van der Waals surface area contributed by atoms with Crippen LogP contribution < -0.4 is 10.9 Å². The summed E-state index contributed by atoms with van der Waals surface area (Å²) in [6, 6.07) is 5.49. The van der Waals surface area contributed by atoms with Crippen molar-refractivity contribution < 1.29 is 9.21 Å². The van der Waals surface area contributed by atoms with Gasteiger partial charge < -0.3 is 14.7 Å². The molecule has 2 aromatic rings. The molecule has 0 aliphatic carbocycles. The van der Waals surface area contributed by atoms with Crippen molar-refractivity contribution in [2.45, 2.75) is 27.3 Å². The first-order valence-electron chi connectivity index (χ1n) is 6.67. The molecule has 0 aliphatic rings. The van der Waals surface area contributed by atoms with E-state index >= 15 is 0 Å². The quantitative estimate of drug-likeness (QED) is 0.846. The van der Waals surface area contributed by atoms with Crippen LogP contribution in [0.5, 0.6) is 0 Å². The second-order valence-electron chi connectivity index (χ2n) is 4.94. The van der Waals surface area contributed by atoms with Gasteiger partial charge in [0.2, 0.25) is 5.91 Å². The molecule has 0 spiro atoms. The Morgan fingerprint density at radius 3 is 2.71 bits per heavy atom.